The molecule has 1 aromatic carbocycles. The summed E-state index contributed by atoms with van der Waals surface area (Å²) >= 11 is 0. The van der Waals surface area contributed by atoms with Crippen LogP contribution in [0.5, 0.6) is 0 Å². The maximum atomic E-state index is 12.1. The maximum Gasteiger partial charge on any atom is 0.296 e. The minimum Gasteiger partial charge on any atom is -0.382 e. The lowest BCUT2D eigenvalue weighted by Gasteiger charge is -2.06. The van der Waals surface area contributed by atoms with E-state index in [0.717, 1.165) is 38.0 Å². The van der Waals surface area contributed by atoms with Crippen molar-refractivity contribution in [3.05, 3.63) is 29.8 Å². The van der Waals surface area contributed by atoms with Crippen LogP contribution in [0.2, 0.25) is 0 Å². The molecule has 0 saturated heterocycles. The predicted octanol–water partition coefficient (Wildman–Crippen LogP) is 7.20. The molecule has 0 bridgehead atoms. The monoisotopic (exact) mass is 440 g/mol. The van der Waals surface area contributed by atoms with Crippen molar-refractivity contribution >= 4 is 10.1 Å². The van der Waals surface area contributed by atoms with Crippen LogP contribution in [0.25, 0.3) is 0 Å². The molecule has 0 heterocycles. The molecule has 4 nitrogen and oxygen atoms in total. The molecule has 0 aliphatic rings. The molecular formula is C25H44O4S. The third-order valence-corrected chi connectivity index (χ3v) is 6.76. The minimum atomic E-state index is -3.60. The van der Waals surface area contributed by atoms with Crippen LogP contribution in [0.15, 0.2) is 29.2 Å². The molecule has 0 aliphatic heterocycles. The van der Waals surface area contributed by atoms with E-state index in [1.165, 1.54) is 70.6 Å². The molecule has 0 aromatic heterocycles. The molecule has 0 atom stereocenters. The molecule has 0 amide bonds. The van der Waals surface area contributed by atoms with Crippen LogP contribution < -0.4 is 0 Å². The summed E-state index contributed by atoms with van der Waals surface area (Å²) in [6, 6.07) is 6.80. The van der Waals surface area contributed by atoms with Crippen LogP contribution in [0, 0.1) is 6.92 Å². The van der Waals surface area contributed by atoms with Gasteiger partial charge in [0, 0.05) is 13.2 Å². The van der Waals surface area contributed by atoms with Gasteiger partial charge in [0.05, 0.1) is 11.5 Å². The van der Waals surface area contributed by atoms with E-state index >= 15 is 0 Å². The lowest BCUT2D eigenvalue weighted by molar-refractivity contribution is 0.143. The van der Waals surface area contributed by atoms with Crippen molar-refractivity contribution in [2.75, 3.05) is 19.8 Å². The van der Waals surface area contributed by atoms with Crippen LogP contribution in [0.4, 0.5) is 0 Å². The highest BCUT2D eigenvalue weighted by Crippen LogP contribution is 2.15. The highest BCUT2D eigenvalue weighted by Gasteiger charge is 2.14. The average Bonchev–Trinajstić information content (AvgIpc) is 2.73. The molecule has 0 saturated carbocycles. The van der Waals surface area contributed by atoms with Gasteiger partial charge in [-0.1, -0.05) is 94.7 Å². The Labute approximate surface area is 185 Å². The van der Waals surface area contributed by atoms with Gasteiger partial charge in [0.15, 0.2) is 0 Å². The van der Waals surface area contributed by atoms with Crippen LogP contribution >= 0.6 is 0 Å². The Balaban J connectivity index is 1.84. The fourth-order valence-corrected chi connectivity index (χ4v) is 4.46. The zero-order valence-electron chi connectivity index (χ0n) is 19.4. The normalized spacial score (nSPS) is 11.8. The second-order valence-electron chi connectivity index (χ2n) is 8.24. The minimum absolute atomic E-state index is 0.245. The Bertz CT molecular complexity index is 611. The van der Waals surface area contributed by atoms with Crippen molar-refractivity contribution in [2.45, 2.75) is 109 Å². The average molecular weight is 441 g/mol. The van der Waals surface area contributed by atoms with Gasteiger partial charge in [-0.25, -0.2) is 0 Å². The van der Waals surface area contributed by atoms with Crippen molar-refractivity contribution in [3.8, 4) is 0 Å². The number of rotatable bonds is 20. The molecule has 0 N–H and O–H groups in total. The van der Waals surface area contributed by atoms with Crippen molar-refractivity contribution in [1.82, 2.24) is 0 Å². The van der Waals surface area contributed by atoms with E-state index in [4.69, 9.17) is 8.92 Å². The predicted molar refractivity (Wildman–Crippen MR) is 125 cm³/mol. The standard InChI is InChI=1S/C25H44O4S/c1-3-28-22-16-14-12-10-8-6-4-5-7-9-11-13-15-17-23-29-30(26,27)25-20-18-24(2)19-21-25/h18-21H,3-17,22-23H2,1-2H3. The van der Waals surface area contributed by atoms with Crippen molar-refractivity contribution in [3.63, 3.8) is 0 Å². The van der Waals surface area contributed by atoms with Gasteiger partial charge < -0.3 is 4.74 Å². The Kier molecular flexibility index (Phi) is 16.0. The van der Waals surface area contributed by atoms with Gasteiger partial charge in [0.25, 0.3) is 10.1 Å². The van der Waals surface area contributed by atoms with Crippen LogP contribution in [-0.2, 0) is 19.0 Å². The highest BCUT2D eigenvalue weighted by atomic mass is 32.2. The third-order valence-electron chi connectivity index (χ3n) is 5.44. The van der Waals surface area contributed by atoms with E-state index < -0.39 is 10.1 Å². The fourth-order valence-electron chi connectivity index (χ4n) is 3.51. The Morgan fingerprint density at radius 2 is 1.03 bits per heavy atom. The largest absolute Gasteiger partial charge is 0.382 e. The smallest absolute Gasteiger partial charge is 0.296 e. The van der Waals surface area contributed by atoms with Crippen molar-refractivity contribution < 1.29 is 17.3 Å². The summed E-state index contributed by atoms with van der Waals surface area (Å²) < 4.78 is 34.7. The van der Waals surface area contributed by atoms with Crippen LogP contribution in [0.1, 0.15) is 102 Å². The molecule has 174 valence electrons. The highest BCUT2D eigenvalue weighted by molar-refractivity contribution is 7.86. The second kappa shape index (κ2) is 17.7. The van der Waals surface area contributed by atoms with Gasteiger partial charge >= 0.3 is 0 Å². The quantitative estimate of drug-likeness (QED) is 0.159. The first-order chi connectivity index (χ1) is 14.6. The summed E-state index contributed by atoms with van der Waals surface area (Å²) in [4.78, 5) is 0.245. The molecule has 0 aliphatic carbocycles. The van der Waals surface area contributed by atoms with Crippen molar-refractivity contribution in [2.24, 2.45) is 0 Å². The molecule has 1 aromatic rings. The van der Waals surface area contributed by atoms with Crippen molar-refractivity contribution in [1.29, 1.82) is 0 Å². The van der Waals surface area contributed by atoms with Gasteiger partial charge in [-0.3, -0.25) is 4.18 Å². The van der Waals surface area contributed by atoms with E-state index in [2.05, 4.69) is 6.92 Å². The van der Waals surface area contributed by atoms with Gasteiger partial charge in [-0.15, -0.1) is 0 Å². The SMILES string of the molecule is CCOCCCCCCCCCCCCCCCCOS(=O)(=O)c1ccc(C)cc1. The molecule has 0 radical (unpaired) electrons. The molecule has 30 heavy (non-hydrogen) atoms. The zero-order valence-corrected chi connectivity index (χ0v) is 20.2. The molecule has 5 heteroatoms. The summed E-state index contributed by atoms with van der Waals surface area (Å²) in [7, 11) is -3.60. The van der Waals surface area contributed by atoms with Crippen LogP contribution in [-0.4, -0.2) is 28.2 Å². The van der Waals surface area contributed by atoms with E-state index in [-0.39, 0.29) is 11.5 Å². The molecular weight excluding hydrogens is 396 g/mol. The van der Waals surface area contributed by atoms with E-state index in [1.807, 2.05) is 6.92 Å². The Hall–Kier alpha value is -0.910. The Morgan fingerprint density at radius 3 is 1.47 bits per heavy atom. The number of hydrogen-bond donors (Lipinski definition) is 0. The maximum absolute atomic E-state index is 12.1. The lowest BCUT2D eigenvalue weighted by atomic mass is 10.0. The first kappa shape index (κ1) is 27.1. The number of benzene rings is 1. The molecule has 1 rings (SSSR count). The summed E-state index contributed by atoms with van der Waals surface area (Å²) in [5, 5.41) is 0. The Morgan fingerprint density at radius 1 is 0.633 bits per heavy atom. The lowest BCUT2D eigenvalue weighted by Crippen LogP contribution is -2.07. The summed E-state index contributed by atoms with van der Waals surface area (Å²) in [5.41, 5.74) is 1.04. The first-order valence-corrected chi connectivity index (χ1v) is 13.5. The first-order valence-electron chi connectivity index (χ1n) is 12.1. The topological polar surface area (TPSA) is 52.6 Å². The summed E-state index contributed by atoms with van der Waals surface area (Å²) in [6.45, 7) is 6.04. The third kappa shape index (κ3) is 14.2. The molecule has 0 unspecified atom stereocenters. The van der Waals surface area contributed by atoms with Gasteiger partial charge in [-0.05, 0) is 38.8 Å². The number of unbranched alkanes of at least 4 members (excludes halogenated alkanes) is 13. The van der Waals surface area contributed by atoms with E-state index in [1.54, 1.807) is 24.3 Å². The fraction of sp³-hybridized carbons (Fsp3) is 0.760. The summed E-state index contributed by atoms with van der Waals surface area (Å²) in [6.07, 6.45) is 17.6. The van der Waals surface area contributed by atoms with Gasteiger partial charge in [-0.2, -0.15) is 8.42 Å². The van der Waals surface area contributed by atoms with E-state index in [9.17, 15) is 8.42 Å². The zero-order chi connectivity index (χ0) is 21.9. The molecule has 0 fully saturated rings. The number of aryl methyl sites for hydroxylation is 1. The summed E-state index contributed by atoms with van der Waals surface area (Å²) in [5.74, 6) is 0. The van der Waals surface area contributed by atoms with Gasteiger partial charge in [0.1, 0.15) is 0 Å². The van der Waals surface area contributed by atoms with E-state index in [0.29, 0.717) is 0 Å². The second-order valence-corrected chi connectivity index (χ2v) is 9.85. The number of hydrogen-bond acceptors (Lipinski definition) is 4. The van der Waals surface area contributed by atoms with Crippen LogP contribution in [0.3, 0.4) is 0 Å². The number of ether oxygens (including phenoxy) is 1. The van der Waals surface area contributed by atoms with Gasteiger partial charge in [0.2, 0.25) is 0 Å². The molecule has 0 spiro atoms.